The Labute approximate surface area is 125 Å². The lowest BCUT2D eigenvalue weighted by atomic mass is 10.0. The van der Waals surface area contributed by atoms with Crippen LogP contribution in [0.25, 0.3) is 0 Å². The zero-order valence-corrected chi connectivity index (χ0v) is 12.0. The van der Waals surface area contributed by atoms with Crippen LogP contribution < -0.4 is 5.73 Å². The van der Waals surface area contributed by atoms with Gasteiger partial charge in [0.15, 0.2) is 0 Å². The number of carbonyl (C=O) groups is 1. The summed E-state index contributed by atoms with van der Waals surface area (Å²) >= 11 is 4.97. The third-order valence-electron chi connectivity index (χ3n) is 3.55. The first-order chi connectivity index (χ1) is 9.80. The average Bonchev–Trinajstić information content (AvgIpc) is 2.45. The van der Waals surface area contributed by atoms with E-state index in [9.17, 15) is 18.0 Å². The van der Waals surface area contributed by atoms with Crippen LogP contribution in [-0.2, 0) is 6.18 Å². The highest BCUT2D eigenvalue weighted by molar-refractivity contribution is 7.80. The SMILES string of the molecule is NC(=S)C1CCCCN1C(=O)c1ccc(C(F)(F)F)cc1. The van der Waals surface area contributed by atoms with Crippen molar-refractivity contribution < 1.29 is 18.0 Å². The number of nitrogens with two attached hydrogens (primary N) is 1. The van der Waals surface area contributed by atoms with Crippen molar-refractivity contribution in [2.45, 2.75) is 31.5 Å². The Morgan fingerprint density at radius 3 is 2.38 bits per heavy atom. The number of hydrogen-bond acceptors (Lipinski definition) is 2. The number of benzene rings is 1. The Hall–Kier alpha value is -1.63. The van der Waals surface area contributed by atoms with E-state index in [0.717, 1.165) is 25.0 Å². The van der Waals surface area contributed by atoms with Gasteiger partial charge in [-0.05, 0) is 43.5 Å². The number of likely N-dealkylation sites (tertiary alicyclic amines) is 1. The zero-order chi connectivity index (χ0) is 15.6. The van der Waals surface area contributed by atoms with E-state index in [1.54, 1.807) is 4.90 Å². The van der Waals surface area contributed by atoms with Crippen molar-refractivity contribution in [3.63, 3.8) is 0 Å². The minimum Gasteiger partial charge on any atom is -0.392 e. The number of amides is 1. The van der Waals surface area contributed by atoms with E-state index in [0.29, 0.717) is 13.0 Å². The number of rotatable bonds is 2. The van der Waals surface area contributed by atoms with Gasteiger partial charge in [-0.15, -0.1) is 0 Å². The van der Waals surface area contributed by atoms with Gasteiger partial charge in [0.25, 0.3) is 5.91 Å². The number of hydrogen-bond donors (Lipinski definition) is 1. The summed E-state index contributed by atoms with van der Waals surface area (Å²) in [7, 11) is 0. The van der Waals surface area contributed by atoms with E-state index in [1.165, 1.54) is 12.1 Å². The molecule has 0 aliphatic carbocycles. The lowest BCUT2D eigenvalue weighted by molar-refractivity contribution is -0.137. The normalized spacial score (nSPS) is 19.4. The van der Waals surface area contributed by atoms with Crippen LogP contribution >= 0.6 is 12.2 Å². The number of nitrogens with zero attached hydrogens (tertiary/aromatic N) is 1. The van der Waals surface area contributed by atoms with Gasteiger partial charge in [0.1, 0.15) is 0 Å². The Morgan fingerprint density at radius 1 is 1.24 bits per heavy atom. The number of carbonyl (C=O) groups excluding carboxylic acids is 1. The van der Waals surface area contributed by atoms with Gasteiger partial charge in [0.2, 0.25) is 0 Å². The van der Waals surface area contributed by atoms with Crippen molar-refractivity contribution >= 4 is 23.1 Å². The first-order valence-electron chi connectivity index (χ1n) is 6.58. The Balaban J connectivity index is 2.20. The van der Waals surface area contributed by atoms with E-state index >= 15 is 0 Å². The fourth-order valence-corrected chi connectivity index (χ4v) is 2.68. The van der Waals surface area contributed by atoms with Gasteiger partial charge in [-0.2, -0.15) is 13.2 Å². The second kappa shape index (κ2) is 6.01. The van der Waals surface area contributed by atoms with Crippen molar-refractivity contribution in [3.8, 4) is 0 Å². The highest BCUT2D eigenvalue weighted by Gasteiger charge is 2.32. The van der Waals surface area contributed by atoms with Gasteiger partial charge >= 0.3 is 6.18 Å². The molecule has 0 spiro atoms. The number of alkyl halides is 3. The van der Waals surface area contributed by atoms with Crippen LogP contribution in [0.5, 0.6) is 0 Å². The first-order valence-corrected chi connectivity index (χ1v) is 6.99. The molecule has 1 aliphatic rings. The minimum atomic E-state index is -4.41. The van der Waals surface area contributed by atoms with Crippen molar-refractivity contribution in [3.05, 3.63) is 35.4 Å². The van der Waals surface area contributed by atoms with Crippen LogP contribution in [0.4, 0.5) is 13.2 Å². The number of halogens is 3. The Kier molecular flexibility index (Phi) is 4.51. The molecule has 114 valence electrons. The topological polar surface area (TPSA) is 46.3 Å². The summed E-state index contributed by atoms with van der Waals surface area (Å²) in [5.41, 5.74) is 5.08. The van der Waals surface area contributed by atoms with Crippen LogP contribution in [0.15, 0.2) is 24.3 Å². The van der Waals surface area contributed by atoms with E-state index in [1.807, 2.05) is 0 Å². The van der Waals surface area contributed by atoms with Crippen molar-refractivity contribution in [2.75, 3.05) is 6.54 Å². The molecular formula is C14H15F3N2OS. The predicted molar refractivity (Wildman–Crippen MR) is 76.9 cm³/mol. The van der Waals surface area contributed by atoms with E-state index in [2.05, 4.69) is 0 Å². The smallest absolute Gasteiger partial charge is 0.392 e. The monoisotopic (exact) mass is 316 g/mol. The van der Waals surface area contributed by atoms with Gasteiger partial charge < -0.3 is 10.6 Å². The predicted octanol–water partition coefficient (Wildman–Crippen LogP) is 2.99. The molecule has 2 rings (SSSR count). The fraction of sp³-hybridized carbons (Fsp3) is 0.429. The average molecular weight is 316 g/mol. The van der Waals surface area contributed by atoms with Gasteiger partial charge in [-0.3, -0.25) is 4.79 Å². The minimum absolute atomic E-state index is 0.214. The highest BCUT2D eigenvalue weighted by Crippen LogP contribution is 2.29. The van der Waals surface area contributed by atoms with E-state index in [4.69, 9.17) is 18.0 Å². The fourth-order valence-electron chi connectivity index (χ4n) is 2.44. The molecule has 1 aromatic rings. The Morgan fingerprint density at radius 2 is 1.86 bits per heavy atom. The van der Waals surface area contributed by atoms with Crippen LogP contribution in [0.2, 0.25) is 0 Å². The summed E-state index contributed by atoms with van der Waals surface area (Å²) in [5.74, 6) is -0.332. The molecule has 1 heterocycles. The molecule has 0 radical (unpaired) electrons. The molecule has 7 heteroatoms. The van der Waals surface area contributed by atoms with E-state index < -0.39 is 11.7 Å². The lowest BCUT2D eigenvalue weighted by Crippen LogP contribution is -2.49. The maximum Gasteiger partial charge on any atom is 0.416 e. The molecule has 2 N–H and O–H groups in total. The third kappa shape index (κ3) is 3.53. The van der Waals surface area contributed by atoms with Crippen molar-refractivity contribution in [1.29, 1.82) is 0 Å². The van der Waals surface area contributed by atoms with Crippen molar-refractivity contribution in [1.82, 2.24) is 4.90 Å². The van der Waals surface area contributed by atoms with Gasteiger partial charge in [-0.25, -0.2) is 0 Å². The van der Waals surface area contributed by atoms with Crippen molar-refractivity contribution in [2.24, 2.45) is 5.73 Å². The molecule has 0 saturated carbocycles. The molecular weight excluding hydrogens is 301 g/mol. The van der Waals surface area contributed by atoms with Gasteiger partial charge in [0.05, 0.1) is 16.6 Å². The molecule has 1 amide bonds. The summed E-state index contributed by atoms with van der Waals surface area (Å²) in [6.45, 7) is 0.516. The zero-order valence-electron chi connectivity index (χ0n) is 11.2. The van der Waals surface area contributed by atoms with Gasteiger partial charge in [0, 0.05) is 12.1 Å². The molecule has 21 heavy (non-hydrogen) atoms. The molecule has 1 saturated heterocycles. The highest BCUT2D eigenvalue weighted by atomic mass is 32.1. The molecule has 0 bridgehead atoms. The quantitative estimate of drug-likeness (QED) is 0.853. The summed E-state index contributed by atoms with van der Waals surface area (Å²) < 4.78 is 37.5. The first kappa shape index (κ1) is 15.8. The molecule has 1 fully saturated rings. The van der Waals surface area contributed by atoms with Crippen LogP contribution in [-0.4, -0.2) is 28.4 Å². The van der Waals surface area contributed by atoms with Crippen LogP contribution in [0.1, 0.15) is 35.2 Å². The van der Waals surface area contributed by atoms with E-state index in [-0.39, 0.29) is 22.5 Å². The van der Waals surface area contributed by atoms with Crippen LogP contribution in [0.3, 0.4) is 0 Å². The lowest BCUT2D eigenvalue weighted by Gasteiger charge is -2.35. The summed E-state index contributed by atoms with van der Waals surface area (Å²) in [5, 5.41) is 0. The molecule has 0 aromatic heterocycles. The largest absolute Gasteiger partial charge is 0.416 e. The molecule has 1 unspecified atom stereocenters. The number of thiocarbonyl (C=S) groups is 1. The summed E-state index contributed by atoms with van der Waals surface area (Å²) in [6.07, 6.45) is -1.94. The molecule has 1 aliphatic heterocycles. The van der Waals surface area contributed by atoms with Gasteiger partial charge in [-0.1, -0.05) is 12.2 Å². The maximum absolute atomic E-state index is 12.5. The Bertz CT molecular complexity index is 542. The summed E-state index contributed by atoms with van der Waals surface area (Å²) in [6, 6.07) is 3.88. The third-order valence-corrected chi connectivity index (χ3v) is 3.82. The second-order valence-corrected chi connectivity index (χ2v) is 5.46. The summed E-state index contributed by atoms with van der Waals surface area (Å²) in [4.78, 5) is 14.2. The second-order valence-electron chi connectivity index (χ2n) is 4.99. The standard InChI is InChI=1S/C14H15F3N2OS/c15-14(16,17)10-6-4-9(5-7-10)13(20)19-8-2-1-3-11(19)12(18)21/h4-7,11H,1-3,8H2,(H2,18,21). The molecule has 3 nitrogen and oxygen atoms in total. The van der Waals surface area contributed by atoms with Crippen LogP contribution in [0, 0.1) is 0 Å². The molecule has 1 atom stereocenters. The molecule has 1 aromatic carbocycles. The number of piperidine rings is 1. The maximum atomic E-state index is 12.5.